The number of ether oxygens (including phenoxy) is 1. The molecule has 0 unspecified atom stereocenters. The van der Waals surface area contributed by atoms with Gasteiger partial charge in [0, 0.05) is 0 Å². The van der Waals surface area contributed by atoms with Crippen molar-refractivity contribution in [1.29, 1.82) is 0 Å². The van der Waals surface area contributed by atoms with Crippen LogP contribution in [0.4, 0.5) is 0 Å². The molecule has 17 heavy (non-hydrogen) atoms. The monoisotopic (exact) mass is 233 g/mol. The lowest BCUT2D eigenvalue weighted by Gasteiger charge is -2.49. The average molecular weight is 233 g/mol. The lowest BCUT2D eigenvalue weighted by atomic mass is 9.67. The van der Waals surface area contributed by atoms with Gasteiger partial charge in [-0.2, -0.15) is 0 Å². The zero-order valence-corrected chi connectivity index (χ0v) is 9.93. The highest BCUT2D eigenvalue weighted by Crippen LogP contribution is 2.42. The maximum Gasteiger partial charge on any atom is 0.181 e. The molecule has 1 aliphatic rings. The Morgan fingerprint density at radius 3 is 2.71 bits per heavy atom. The summed E-state index contributed by atoms with van der Waals surface area (Å²) in [4.78, 5) is 4.09. The van der Waals surface area contributed by atoms with Crippen LogP contribution in [0.25, 0.3) is 11.1 Å². The van der Waals surface area contributed by atoms with Crippen LogP contribution >= 0.6 is 0 Å². The van der Waals surface area contributed by atoms with Gasteiger partial charge in [0.1, 0.15) is 5.52 Å². The fourth-order valence-electron chi connectivity index (χ4n) is 2.33. The fraction of sp³-hybridized carbons (Fsp3) is 0.462. The number of hydrogen-bond acceptors (Lipinski definition) is 4. The van der Waals surface area contributed by atoms with E-state index >= 15 is 0 Å². The Kier molecular flexibility index (Phi) is 2.09. The molecule has 0 atom stereocenters. The number of rotatable bonds is 2. The summed E-state index contributed by atoms with van der Waals surface area (Å²) in [5.74, 6) is 0. The summed E-state index contributed by atoms with van der Waals surface area (Å²) in [7, 11) is 0. The third kappa shape index (κ3) is 1.41. The largest absolute Gasteiger partial charge is 0.443 e. The first-order chi connectivity index (χ1) is 8.03. The number of benzene rings is 1. The molecule has 0 saturated carbocycles. The van der Waals surface area contributed by atoms with Crippen molar-refractivity contribution in [2.24, 2.45) is 0 Å². The Morgan fingerprint density at radius 1 is 1.35 bits per heavy atom. The molecule has 3 rings (SSSR count). The normalized spacial score (nSPS) is 19.2. The van der Waals surface area contributed by atoms with Gasteiger partial charge in [-0.15, -0.1) is 0 Å². The highest BCUT2D eigenvalue weighted by atomic mass is 16.5. The molecule has 2 aromatic rings. The van der Waals surface area contributed by atoms with E-state index in [2.05, 4.69) is 4.98 Å². The van der Waals surface area contributed by atoms with Crippen molar-refractivity contribution in [1.82, 2.24) is 4.98 Å². The van der Waals surface area contributed by atoms with Gasteiger partial charge in [-0.05, 0) is 31.5 Å². The summed E-state index contributed by atoms with van der Waals surface area (Å²) >= 11 is 0. The lowest BCUT2D eigenvalue weighted by molar-refractivity contribution is -0.157. The smallest absolute Gasteiger partial charge is 0.181 e. The van der Waals surface area contributed by atoms with Gasteiger partial charge in [0.2, 0.25) is 0 Å². The van der Waals surface area contributed by atoms with Gasteiger partial charge in [0.15, 0.2) is 12.0 Å². The van der Waals surface area contributed by atoms with E-state index in [0.29, 0.717) is 13.2 Å². The summed E-state index contributed by atoms with van der Waals surface area (Å²) in [6.45, 7) is 4.71. The van der Waals surface area contributed by atoms with Gasteiger partial charge in [-0.3, -0.25) is 0 Å². The van der Waals surface area contributed by atoms with E-state index < -0.39 is 5.60 Å². The molecule has 0 radical (unpaired) electrons. The van der Waals surface area contributed by atoms with Crippen LogP contribution in [-0.2, 0) is 10.2 Å². The van der Waals surface area contributed by atoms with Crippen LogP contribution in [0.1, 0.15) is 19.4 Å². The maximum atomic E-state index is 10.3. The molecular weight excluding hydrogens is 218 g/mol. The van der Waals surface area contributed by atoms with Gasteiger partial charge in [0.25, 0.3) is 0 Å². The van der Waals surface area contributed by atoms with Crippen LogP contribution in [0.15, 0.2) is 29.0 Å². The lowest BCUT2D eigenvalue weighted by Crippen LogP contribution is -2.60. The molecule has 1 saturated heterocycles. The van der Waals surface area contributed by atoms with E-state index in [0.717, 1.165) is 16.7 Å². The van der Waals surface area contributed by atoms with Crippen LogP contribution < -0.4 is 0 Å². The van der Waals surface area contributed by atoms with Crippen LogP contribution in [0, 0.1) is 0 Å². The summed E-state index contributed by atoms with van der Waals surface area (Å²) in [6, 6.07) is 5.86. The van der Waals surface area contributed by atoms with Crippen molar-refractivity contribution in [2.75, 3.05) is 13.2 Å². The molecule has 0 bridgehead atoms. The fourth-order valence-corrected chi connectivity index (χ4v) is 2.33. The van der Waals surface area contributed by atoms with E-state index in [4.69, 9.17) is 9.15 Å². The van der Waals surface area contributed by atoms with Crippen LogP contribution in [0.2, 0.25) is 0 Å². The Balaban J connectivity index is 2.13. The van der Waals surface area contributed by atoms with Crippen molar-refractivity contribution in [3.8, 4) is 0 Å². The van der Waals surface area contributed by atoms with Crippen molar-refractivity contribution < 1.29 is 14.3 Å². The minimum atomic E-state index is -0.820. The van der Waals surface area contributed by atoms with Crippen molar-refractivity contribution in [3.63, 3.8) is 0 Å². The molecule has 0 spiro atoms. The highest BCUT2D eigenvalue weighted by Gasteiger charge is 2.51. The van der Waals surface area contributed by atoms with Gasteiger partial charge in [0.05, 0.1) is 24.2 Å². The van der Waals surface area contributed by atoms with Crippen molar-refractivity contribution in [3.05, 3.63) is 30.2 Å². The van der Waals surface area contributed by atoms with Crippen LogP contribution in [0.5, 0.6) is 0 Å². The molecule has 1 aromatic heterocycles. The molecule has 2 heterocycles. The second-order valence-corrected chi connectivity index (χ2v) is 5.17. The number of hydrogen-bond donors (Lipinski definition) is 1. The highest BCUT2D eigenvalue weighted by molar-refractivity contribution is 5.73. The molecule has 1 aliphatic heterocycles. The molecule has 90 valence electrons. The molecule has 0 amide bonds. The van der Waals surface area contributed by atoms with Gasteiger partial charge >= 0.3 is 0 Å². The molecular formula is C13H15NO3. The minimum Gasteiger partial charge on any atom is -0.443 e. The molecule has 4 heteroatoms. The Labute approximate surface area is 99.2 Å². The zero-order valence-electron chi connectivity index (χ0n) is 9.93. The minimum absolute atomic E-state index is 0.339. The van der Waals surface area contributed by atoms with Crippen molar-refractivity contribution >= 4 is 11.1 Å². The quantitative estimate of drug-likeness (QED) is 0.860. The Morgan fingerprint density at radius 2 is 2.12 bits per heavy atom. The first kappa shape index (κ1) is 10.7. The topological polar surface area (TPSA) is 55.5 Å². The molecule has 1 aromatic carbocycles. The predicted molar refractivity (Wildman–Crippen MR) is 62.8 cm³/mol. The third-order valence-corrected chi connectivity index (χ3v) is 3.75. The first-order valence-corrected chi connectivity index (χ1v) is 5.67. The van der Waals surface area contributed by atoms with E-state index in [-0.39, 0.29) is 5.41 Å². The predicted octanol–water partition coefficient (Wildman–Crippen LogP) is 1.87. The molecule has 0 aliphatic carbocycles. The van der Waals surface area contributed by atoms with E-state index in [1.807, 2.05) is 32.0 Å². The number of aromatic nitrogens is 1. The Hall–Kier alpha value is -1.39. The van der Waals surface area contributed by atoms with Gasteiger partial charge in [-0.25, -0.2) is 4.98 Å². The number of fused-ring (bicyclic) bond motifs is 1. The zero-order chi connectivity index (χ0) is 12.1. The van der Waals surface area contributed by atoms with Crippen LogP contribution in [0.3, 0.4) is 0 Å². The SMILES string of the molecule is CC(C)(O)C1(c2ccc3ncoc3c2)COC1. The second-order valence-electron chi connectivity index (χ2n) is 5.17. The number of nitrogens with zero attached hydrogens (tertiary/aromatic N) is 1. The summed E-state index contributed by atoms with van der Waals surface area (Å²) in [6.07, 6.45) is 1.43. The average Bonchev–Trinajstić information content (AvgIpc) is 2.60. The standard InChI is InChI=1S/C13H15NO3/c1-12(2,15)13(6-16-7-13)9-3-4-10-11(5-9)17-8-14-10/h3-5,8,15H,6-7H2,1-2H3. The van der Waals surface area contributed by atoms with Gasteiger partial charge in [-0.1, -0.05) is 6.07 Å². The molecule has 1 fully saturated rings. The van der Waals surface area contributed by atoms with Crippen LogP contribution in [-0.4, -0.2) is 28.9 Å². The number of oxazole rings is 1. The van der Waals surface area contributed by atoms with E-state index in [1.54, 1.807) is 0 Å². The molecule has 1 N–H and O–H groups in total. The number of aliphatic hydroxyl groups is 1. The van der Waals surface area contributed by atoms with Gasteiger partial charge < -0.3 is 14.3 Å². The summed E-state index contributed by atoms with van der Waals surface area (Å²) in [5, 5.41) is 10.3. The maximum absolute atomic E-state index is 10.3. The molecule has 4 nitrogen and oxygen atoms in total. The van der Waals surface area contributed by atoms with E-state index in [1.165, 1.54) is 6.39 Å². The summed E-state index contributed by atoms with van der Waals surface area (Å²) in [5.41, 5.74) is 1.46. The Bertz CT molecular complexity index is 549. The second kappa shape index (κ2) is 3.31. The summed E-state index contributed by atoms with van der Waals surface area (Å²) < 4.78 is 10.6. The first-order valence-electron chi connectivity index (χ1n) is 5.67. The van der Waals surface area contributed by atoms with Crippen molar-refractivity contribution in [2.45, 2.75) is 24.9 Å². The van der Waals surface area contributed by atoms with E-state index in [9.17, 15) is 5.11 Å². The third-order valence-electron chi connectivity index (χ3n) is 3.75.